The molecule has 0 saturated heterocycles. The Kier molecular flexibility index (Phi) is 6.28. The molecule has 0 heterocycles. The maximum atomic E-state index is 11.2. The van der Waals surface area contributed by atoms with Crippen LogP contribution in [0.5, 0.6) is 0 Å². The van der Waals surface area contributed by atoms with Gasteiger partial charge >= 0.3 is 0 Å². The van der Waals surface area contributed by atoms with Gasteiger partial charge in [0.2, 0.25) is 5.91 Å². The Morgan fingerprint density at radius 2 is 2.08 bits per heavy atom. The molecular formula is C9H16BNO2. The van der Waals surface area contributed by atoms with Crippen LogP contribution in [0.25, 0.3) is 0 Å². The summed E-state index contributed by atoms with van der Waals surface area (Å²) in [6.45, 7) is 1.99. The number of amides is 1. The van der Waals surface area contributed by atoms with Gasteiger partial charge in [-0.15, -0.1) is 0 Å². The molecule has 13 heavy (non-hydrogen) atoms. The predicted octanol–water partition coefficient (Wildman–Crippen LogP) is 0.695. The van der Waals surface area contributed by atoms with Crippen molar-refractivity contribution in [3.05, 3.63) is 0 Å². The number of carbonyl (C=O) groups is 2. The summed E-state index contributed by atoms with van der Waals surface area (Å²) in [5.74, 6) is -0.319. The third-order valence-corrected chi connectivity index (χ3v) is 2.00. The summed E-state index contributed by atoms with van der Waals surface area (Å²) in [5.41, 5.74) is 0. The first kappa shape index (κ1) is 12.2. The first-order valence-electron chi connectivity index (χ1n) is 4.59. The lowest BCUT2D eigenvalue weighted by Crippen LogP contribution is -2.25. The fraction of sp³-hybridized carbons (Fsp3) is 0.778. The van der Waals surface area contributed by atoms with Gasteiger partial charge in [0.15, 0.2) is 0 Å². The number of hydrogen-bond acceptors (Lipinski definition) is 2. The highest BCUT2D eigenvalue weighted by molar-refractivity contribution is 6.20. The Morgan fingerprint density at radius 1 is 1.46 bits per heavy atom. The molecule has 0 saturated carbocycles. The van der Waals surface area contributed by atoms with Crippen molar-refractivity contribution in [3.8, 4) is 0 Å². The number of ketones is 1. The first-order valence-corrected chi connectivity index (χ1v) is 4.59. The highest BCUT2D eigenvalue weighted by atomic mass is 16.2. The van der Waals surface area contributed by atoms with E-state index in [-0.39, 0.29) is 30.3 Å². The van der Waals surface area contributed by atoms with Crippen LogP contribution in [0.3, 0.4) is 0 Å². The molecule has 0 bridgehead atoms. The number of carbonyl (C=O) groups excluding carboxylic acids is 2. The smallest absolute Gasteiger partial charge is 0.220 e. The first-order chi connectivity index (χ1) is 6.15. The minimum atomic E-state index is -0.199. The second-order valence-corrected chi connectivity index (χ2v) is 3.03. The molecule has 2 radical (unpaired) electrons. The van der Waals surface area contributed by atoms with Crippen LogP contribution in [0.4, 0.5) is 0 Å². The minimum Gasteiger partial charge on any atom is -0.359 e. The molecule has 0 aliphatic rings. The molecule has 0 fully saturated rings. The summed E-state index contributed by atoms with van der Waals surface area (Å²) in [7, 11) is 6.81. The van der Waals surface area contributed by atoms with E-state index in [2.05, 4.69) is 5.32 Å². The van der Waals surface area contributed by atoms with Crippen LogP contribution in [0.1, 0.15) is 26.2 Å². The van der Waals surface area contributed by atoms with Gasteiger partial charge in [0, 0.05) is 19.4 Å². The molecule has 0 aliphatic carbocycles. The van der Waals surface area contributed by atoms with Gasteiger partial charge in [-0.2, -0.15) is 0 Å². The second kappa shape index (κ2) is 6.69. The monoisotopic (exact) mass is 181 g/mol. The Bertz CT molecular complexity index is 182. The van der Waals surface area contributed by atoms with Crippen molar-refractivity contribution in [2.45, 2.75) is 32.5 Å². The van der Waals surface area contributed by atoms with E-state index in [0.717, 1.165) is 12.8 Å². The lowest BCUT2D eigenvalue weighted by atomic mass is 9.87. The van der Waals surface area contributed by atoms with Crippen LogP contribution in [-0.2, 0) is 9.59 Å². The van der Waals surface area contributed by atoms with E-state index in [1.54, 1.807) is 7.05 Å². The highest BCUT2D eigenvalue weighted by Gasteiger charge is 2.18. The zero-order valence-electron chi connectivity index (χ0n) is 8.30. The molecule has 4 heteroatoms. The van der Waals surface area contributed by atoms with E-state index in [4.69, 9.17) is 7.85 Å². The zero-order valence-corrected chi connectivity index (χ0v) is 8.30. The summed E-state index contributed by atoms with van der Waals surface area (Å²) >= 11 is 0. The van der Waals surface area contributed by atoms with Crippen molar-refractivity contribution in [2.75, 3.05) is 7.05 Å². The van der Waals surface area contributed by atoms with Gasteiger partial charge in [0.05, 0.1) is 7.85 Å². The Labute approximate surface area is 80.7 Å². The maximum absolute atomic E-state index is 11.2. The largest absolute Gasteiger partial charge is 0.359 e. The average Bonchev–Trinajstić information content (AvgIpc) is 2.15. The molecule has 0 aliphatic heterocycles. The molecule has 1 atom stereocenters. The SMILES string of the molecule is [B]CC(=O)C(CCC)CC(=O)NC. The highest BCUT2D eigenvalue weighted by Crippen LogP contribution is 2.13. The molecule has 1 amide bonds. The third-order valence-electron chi connectivity index (χ3n) is 2.00. The number of rotatable bonds is 6. The van der Waals surface area contributed by atoms with Gasteiger partial charge in [-0.3, -0.25) is 4.79 Å². The average molecular weight is 181 g/mol. The van der Waals surface area contributed by atoms with Crippen LogP contribution >= 0.6 is 0 Å². The number of nitrogens with one attached hydrogen (secondary N) is 1. The quantitative estimate of drug-likeness (QED) is 0.613. The van der Waals surface area contributed by atoms with Crippen molar-refractivity contribution in [1.82, 2.24) is 5.32 Å². The topological polar surface area (TPSA) is 46.2 Å². The molecule has 0 aromatic rings. The van der Waals surface area contributed by atoms with E-state index in [0.29, 0.717) is 0 Å². The molecule has 0 aromatic carbocycles. The normalized spacial score (nSPS) is 12.2. The van der Waals surface area contributed by atoms with Crippen LogP contribution in [0, 0.1) is 5.92 Å². The number of Topliss-reactive ketones (excluding diaryl/α,β-unsaturated/α-hetero) is 1. The van der Waals surface area contributed by atoms with Gasteiger partial charge in [-0.05, 0) is 12.7 Å². The Balaban J connectivity index is 4.08. The maximum Gasteiger partial charge on any atom is 0.220 e. The van der Waals surface area contributed by atoms with Gasteiger partial charge in [0.25, 0.3) is 0 Å². The third kappa shape index (κ3) is 4.71. The van der Waals surface area contributed by atoms with Crippen molar-refractivity contribution < 1.29 is 9.59 Å². The van der Waals surface area contributed by atoms with Crippen molar-refractivity contribution in [3.63, 3.8) is 0 Å². The predicted molar refractivity (Wildman–Crippen MR) is 52.6 cm³/mol. The summed E-state index contributed by atoms with van der Waals surface area (Å²) in [4.78, 5) is 22.3. The Hall–Kier alpha value is -0.795. The van der Waals surface area contributed by atoms with E-state index in [1.165, 1.54) is 0 Å². The second-order valence-electron chi connectivity index (χ2n) is 3.03. The molecule has 1 unspecified atom stereocenters. The van der Waals surface area contributed by atoms with Gasteiger partial charge in [0.1, 0.15) is 5.78 Å². The fourth-order valence-corrected chi connectivity index (χ4v) is 1.22. The number of hydrogen-bond donors (Lipinski definition) is 1. The molecule has 0 spiro atoms. The van der Waals surface area contributed by atoms with Gasteiger partial charge < -0.3 is 10.1 Å². The van der Waals surface area contributed by atoms with E-state index >= 15 is 0 Å². The molecule has 72 valence electrons. The van der Waals surface area contributed by atoms with Crippen LogP contribution in [0.2, 0.25) is 6.32 Å². The summed E-state index contributed by atoms with van der Waals surface area (Å²) in [5, 5.41) is 2.50. The van der Waals surface area contributed by atoms with Crippen molar-refractivity contribution in [2.24, 2.45) is 5.92 Å². The standard InChI is InChI=1S/C9H16BNO2/c1-3-4-7(8(12)6-10)5-9(13)11-2/h7H,3-6H2,1-2H3,(H,11,13). The fourth-order valence-electron chi connectivity index (χ4n) is 1.22. The molecule has 0 rings (SSSR count). The Morgan fingerprint density at radius 3 is 2.46 bits per heavy atom. The summed E-state index contributed by atoms with van der Waals surface area (Å²) in [6, 6.07) is 0. The van der Waals surface area contributed by atoms with Crippen molar-refractivity contribution in [1.29, 1.82) is 0 Å². The summed E-state index contributed by atoms with van der Waals surface area (Å²) in [6.07, 6.45) is 1.93. The van der Waals surface area contributed by atoms with Crippen LogP contribution < -0.4 is 5.32 Å². The van der Waals surface area contributed by atoms with Gasteiger partial charge in [-0.25, -0.2) is 0 Å². The minimum absolute atomic E-state index is 0.0227. The lowest BCUT2D eigenvalue weighted by Gasteiger charge is -2.12. The van der Waals surface area contributed by atoms with E-state index in [1.807, 2.05) is 6.92 Å². The molecule has 3 nitrogen and oxygen atoms in total. The van der Waals surface area contributed by atoms with E-state index < -0.39 is 0 Å². The van der Waals surface area contributed by atoms with Crippen LogP contribution in [0.15, 0.2) is 0 Å². The van der Waals surface area contributed by atoms with Crippen LogP contribution in [-0.4, -0.2) is 26.6 Å². The molecule has 1 N–H and O–H groups in total. The van der Waals surface area contributed by atoms with E-state index in [9.17, 15) is 9.59 Å². The summed E-state index contributed by atoms with van der Waals surface area (Å²) < 4.78 is 0. The zero-order chi connectivity index (χ0) is 10.3. The van der Waals surface area contributed by atoms with Crippen molar-refractivity contribution >= 4 is 19.5 Å². The molecule has 0 aromatic heterocycles. The lowest BCUT2D eigenvalue weighted by molar-refractivity contribution is -0.127. The molecular weight excluding hydrogens is 165 g/mol. The van der Waals surface area contributed by atoms with Gasteiger partial charge in [-0.1, -0.05) is 13.3 Å².